The molecule has 0 saturated carbocycles. The summed E-state index contributed by atoms with van der Waals surface area (Å²) in [7, 11) is 3.97. The monoisotopic (exact) mass is 361 g/mol. The number of rotatable bonds is 8. The standard InChI is InChI=1S/C19H27N3O2S/c1-5-11-21(12-6-2)14-22-18(23)17(25-19(22)24)13-15-7-9-16(10-8-15)20(3)4/h7-10,13H,5-6,11-12,14H2,1-4H3. The van der Waals surface area contributed by atoms with Gasteiger partial charge in [0.15, 0.2) is 0 Å². The Morgan fingerprint density at radius 1 is 1.04 bits per heavy atom. The van der Waals surface area contributed by atoms with Gasteiger partial charge >= 0.3 is 0 Å². The highest BCUT2D eigenvalue weighted by Crippen LogP contribution is 2.32. The van der Waals surface area contributed by atoms with E-state index in [1.807, 2.05) is 43.3 Å². The smallest absolute Gasteiger partial charge is 0.294 e. The SMILES string of the molecule is CCCN(CCC)CN1C(=O)SC(=Cc2ccc(N(C)C)cc2)C1=O. The van der Waals surface area contributed by atoms with E-state index in [-0.39, 0.29) is 11.1 Å². The summed E-state index contributed by atoms with van der Waals surface area (Å²) >= 11 is 1.03. The molecule has 1 fully saturated rings. The molecule has 5 nitrogen and oxygen atoms in total. The van der Waals surface area contributed by atoms with Gasteiger partial charge in [0.25, 0.3) is 11.1 Å². The van der Waals surface area contributed by atoms with Crippen LogP contribution in [0.25, 0.3) is 6.08 Å². The van der Waals surface area contributed by atoms with E-state index < -0.39 is 0 Å². The third-order valence-electron chi connectivity index (χ3n) is 4.00. The molecule has 1 heterocycles. The van der Waals surface area contributed by atoms with Crippen molar-refractivity contribution in [2.45, 2.75) is 26.7 Å². The summed E-state index contributed by atoms with van der Waals surface area (Å²) in [5.41, 5.74) is 2.02. The van der Waals surface area contributed by atoms with Gasteiger partial charge in [-0.2, -0.15) is 0 Å². The third-order valence-corrected chi connectivity index (χ3v) is 4.91. The van der Waals surface area contributed by atoms with Gasteiger partial charge in [-0.05, 0) is 61.5 Å². The highest BCUT2D eigenvalue weighted by molar-refractivity contribution is 8.18. The van der Waals surface area contributed by atoms with Crippen molar-refractivity contribution in [1.82, 2.24) is 9.80 Å². The Morgan fingerprint density at radius 2 is 1.64 bits per heavy atom. The maximum Gasteiger partial charge on any atom is 0.294 e. The van der Waals surface area contributed by atoms with Gasteiger partial charge in [-0.25, -0.2) is 0 Å². The van der Waals surface area contributed by atoms with Gasteiger partial charge in [-0.15, -0.1) is 0 Å². The zero-order chi connectivity index (χ0) is 18.4. The Kier molecular flexibility index (Phi) is 7.08. The van der Waals surface area contributed by atoms with E-state index in [2.05, 4.69) is 18.7 Å². The van der Waals surface area contributed by atoms with Crippen LogP contribution in [0.2, 0.25) is 0 Å². The highest BCUT2D eigenvalue weighted by Gasteiger charge is 2.35. The predicted octanol–water partition coefficient (Wildman–Crippen LogP) is 3.87. The summed E-state index contributed by atoms with van der Waals surface area (Å²) in [4.78, 5) is 30.9. The van der Waals surface area contributed by atoms with E-state index in [0.29, 0.717) is 11.6 Å². The molecule has 0 bridgehead atoms. The molecule has 6 heteroatoms. The van der Waals surface area contributed by atoms with Gasteiger partial charge < -0.3 is 4.90 Å². The molecule has 2 rings (SSSR count). The number of carbonyl (C=O) groups excluding carboxylic acids is 2. The van der Waals surface area contributed by atoms with Crippen LogP contribution in [-0.2, 0) is 4.79 Å². The first-order valence-corrected chi connectivity index (χ1v) is 9.53. The minimum absolute atomic E-state index is 0.182. The van der Waals surface area contributed by atoms with Crippen LogP contribution in [0, 0.1) is 0 Å². The molecule has 0 unspecified atom stereocenters. The molecular formula is C19H27N3O2S. The normalized spacial score (nSPS) is 16.4. The molecule has 0 radical (unpaired) electrons. The maximum absolute atomic E-state index is 12.6. The Hall–Kier alpha value is -1.79. The number of benzene rings is 1. The second-order valence-electron chi connectivity index (χ2n) is 6.36. The lowest BCUT2D eigenvalue weighted by atomic mass is 10.2. The maximum atomic E-state index is 12.6. The zero-order valence-corrected chi connectivity index (χ0v) is 16.3. The number of hydrogen-bond donors (Lipinski definition) is 0. The van der Waals surface area contributed by atoms with E-state index in [1.165, 1.54) is 4.90 Å². The molecule has 2 amide bonds. The summed E-state index contributed by atoms with van der Waals surface area (Å²) in [5, 5.41) is -0.182. The van der Waals surface area contributed by atoms with Crippen LogP contribution in [0.4, 0.5) is 10.5 Å². The van der Waals surface area contributed by atoms with Gasteiger partial charge in [-0.3, -0.25) is 19.4 Å². The second kappa shape index (κ2) is 9.06. The van der Waals surface area contributed by atoms with E-state index >= 15 is 0 Å². The average Bonchev–Trinajstić information content (AvgIpc) is 2.83. The summed E-state index contributed by atoms with van der Waals surface area (Å²) in [5.74, 6) is -0.191. The summed E-state index contributed by atoms with van der Waals surface area (Å²) in [6.45, 7) is 6.37. The van der Waals surface area contributed by atoms with Crippen LogP contribution in [0.1, 0.15) is 32.3 Å². The van der Waals surface area contributed by atoms with E-state index in [1.54, 1.807) is 6.08 Å². The van der Waals surface area contributed by atoms with E-state index in [9.17, 15) is 9.59 Å². The predicted molar refractivity (Wildman–Crippen MR) is 106 cm³/mol. The van der Waals surface area contributed by atoms with Crippen LogP contribution in [0.5, 0.6) is 0 Å². The van der Waals surface area contributed by atoms with Crippen LogP contribution >= 0.6 is 11.8 Å². The van der Waals surface area contributed by atoms with Crippen molar-refractivity contribution < 1.29 is 9.59 Å². The number of anilines is 1. The van der Waals surface area contributed by atoms with Gasteiger partial charge in [0.1, 0.15) is 0 Å². The molecule has 0 aromatic heterocycles. The van der Waals surface area contributed by atoms with Gasteiger partial charge in [0.05, 0.1) is 11.6 Å². The van der Waals surface area contributed by atoms with Crippen molar-refractivity contribution in [3.63, 3.8) is 0 Å². The summed E-state index contributed by atoms with van der Waals surface area (Å²) < 4.78 is 0. The molecule has 0 atom stereocenters. The number of carbonyl (C=O) groups is 2. The first kappa shape index (κ1) is 19.5. The molecule has 136 valence electrons. The zero-order valence-electron chi connectivity index (χ0n) is 15.5. The Morgan fingerprint density at radius 3 is 2.16 bits per heavy atom. The molecule has 0 aliphatic carbocycles. The molecule has 1 aliphatic heterocycles. The molecule has 1 saturated heterocycles. The minimum atomic E-state index is -0.191. The van der Waals surface area contributed by atoms with Crippen molar-refractivity contribution in [3.05, 3.63) is 34.7 Å². The quantitative estimate of drug-likeness (QED) is 0.658. The lowest BCUT2D eigenvalue weighted by Gasteiger charge is -2.25. The number of imide groups is 1. The number of hydrogen-bond acceptors (Lipinski definition) is 5. The fourth-order valence-corrected chi connectivity index (χ4v) is 3.56. The number of amides is 2. The third kappa shape index (κ3) is 5.09. The van der Waals surface area contributed by atoms with Crippen molar-refractivity contribution in [2.24, 2.45) is 0 Å². The van der Waals surface area contributed by atoms with Crippen molar-refractivity contribution >= 4 is 34.7 Å². The molecule has 1 aromatic carbocycles. The number of thioether (sulfide) groups is 1. The lowest BCUT2D eigenvalue weighted by Crippen LogP contribution is -2.41. The van der Waals surface area contributed by atoms with Gasteiger partial charge in [-0.1, -0.05) is 26.0 Å². The first-order valence-electron chi connectivity index (χ1n) is 8.71. The molecule has 1 aliphatic rings. The van der Waals surface area contributed by atoms with E-state index in [4.69, 9.17) is 0 Å². The van der Waals surface area contributed by atoms with Crippen molar-refractivity contribution in [2.75, 3.05) is 38.8 Å². The first-order chi connectivity index (χ1) is 12.0. The average molecular weight is 362 g/mol. The Labute approximate surface area is 154 Å². The fourth-order valence-electron chi connectivity index (χ4n) is 2.73. The molecule has 0 N–H and O–H groups in total. The highest BCUT2D eigenvalue weighted by atomic mass is 32.2. The summed E-state index contributed by atoms with van der Waals surface area (Å²) in [6.07, 6.45) is 3.81. The van der Waals surface area contributed by atoms with Crippen LogP contribution in [0.3, 0.4) is 0 Å². The molecule has 1 aromatic rings. The molecular weight excluding hydrogens is 334 g/mol. The van der Waals surface area contributed by atoms with Gasteiger partial charge in [0.2, 0.25) is 0 Å². The summed E-state index contributed by atoms with van der Waals surface area (Å²) in [6, 6.07) is 7.92. The minimum Gasteiger partial charge on any atom is -0.378 e. The lowest BCUT2D eigenvalue weighted by molar-refractivity contribution is -0.124. The van der Waals surface area contributed by atoms with Crippen molar-refractivity contribution in [3.8, 4) is 0 Å². The molecule has 0 spiro atoms. The largest absolute Gasteiger partial charge is 0.378 e. The van der Waals surface area contributed by atoms with Crippen LogP contribution in [-0.4, -0.2) is 54.8 Å². The van der Waals surface area contributed by atoms with Crippen LogP contribution < -0.4 is 4.90 Å². The fraction of sp³-hybridized carbons (Fsp3) is 0.474. The van der Waals surface area contributed by atoms with E-state index in [0.717, 1.165) is 48.9 Å². The van der Waals surface area contributed by atoms with Crippen LogP contribution in [0.15, 0.2) is 29.2 Å². The Balaban J connectivity index is 2.11. The van der Waals surface area contributed by atoms with Crippen molar-refractivity contribution in [1.29, 1.82) is 0 Å². The second-order valence-corrected chi connectivity index (χ2v) is 7.35. The Bertz CT molecular complexity index is 635. The number of nitrogens with zero attached hydrogens (tertiary/aromatic N) is 3. The molecule has 25 heavy (non-hydrogen) atoms. The topological polar surface area (TPSA) is 43.9 Å². The van der Waals surface area contributed by atoms with Gasteiger partial charge in [0, 0.05) is 19.8 Å².